The second kappa shape index (κ2) is 44.7. The van der Waals surface area contributed by atoms with Crippen LogP contribution in [0.25, 0.3) is 33.4 Å². The Bertz CT molecular complexity index is 3340. The summed E-state index contributed by atoms with van der Waals surface area (Å²) in [5.41, 5.74) is 19.2. The average Bonchev–Trinajstić information content (AvgIpc) is 3.77. The quantitative estimate of drug-likeness (QED) is 0.0357. The summed E-state index contributed by atoms with van der Waals surface area (Å²) in [4.78, 5) is 14.0. The highest BCUT2D eigenvalue weighted by atomic mass is 16.5. The first-order chi connectivity index (χ1) is 46.3. The molecule has 0 N–H and O–H groups in total. The molecule has 0 aliphatic rings. The molecule has 9 rings (SSSR count). The van der Waals surface area contributed by atoms with Crippen molar-refractivity contribution in [2.75, 3.05) is 20.3 Å². The van der Waals surface area contributed by atoms with E-state index in [1.807, 2.05) is 31.2 Å². The Morgan fingerprint density at radius 1 is 0.234 bits per heavy atom. The molecular formula is C88H113N3O3. The van der Waals surface area contributed by atoms with Gasteiger partial charge in [0.2, 0.25) is 0 Å². The fraction of sp³-hybridized carbons (Fsp3) is 0.420. The minimum Gasteiger partial charge on any atom is -0.497 e. The van der Waals surface area contributed by atoms with Crippen LogP contribution in [0.3, 0.4) is 0 Å². The van der Waals surface area contributed by atoms with E-state index < -0.39 is 0 Å². The lowest BCUT2D eigenvalue weighted by atomic mass is 10.0. The number of methoxy groups -OCH3 is 1. The van der Waals surface area contributed by atoms with E-state index in [2.05, 4.69) is 219 Å². The molecule has 0 aliphatic heterocycles. The minimum atomic E-state index is 0.700. The predicted molar refractivity (Wildman–Crippen MR) is 400 cm³/mol. The zero-order chi connectivity index (χ0) is 65.9. The number of aryl methyl sites for hydroxylation is 9. The predicted octanol–water partition coefficient (Wildman–Crippen LogP) is 23.9. The zero-order valence-corrected chi connectivity index (χ0v) is 58.5. The van der Waals surface area contributed by atoms with Crippen LogP contribution in [0, 0.1) is 0 Å². The fourth-order valence-electron chi connectivity index (χ4n) is 11.8. The number of rotatable bonds is 40. The van der Waals surface area contributed by atoms with Crippen LogP contribution in [-0.4, -0.2) is 35.3 Å². The van der Waals surface area contributed by atoms with Gasteiger partial charge in [0.25, 0.3) is 0 Å². The van der Waals surface area contributed by atoms with Gasteiger partial charge in [-0.15, -0.1) is 0 Å². The monoisotopic (exact) mass is 1260 g/mol. The van der Waals surface area contributed by atoms with Gasteiger partial charge >= 0.3 is 0 Å². The van der Waals surface area contributed by atoms with Crippen LogP contribution in [0.15, 0.2) is 201 Å². The standard InChI is InChI=1S/C33H45NO.C28H35NO.C27H33NO/c1-3-5-7-9-10-12-26-35-33-24-21-31(22-25-33)30-19-16-28(17-20-30)14-15-29-18-23-32(34-27-29)13-11-8-6-4-2;1-3-5-6-7-8-9-27-19-14-24(22-29-27)11-10-23-12-15-25(16-13-23)26-17-20-28(21-18-26)30-4-2;1-3-4-5-6-7-8-26-18-13-23(21-28-26)10-9-22-11-14-24(15-12-22)25-16-19-27(29-2)20-17-25/h16-25,27H,3-15,26H2,1-2H3;12-22H,3-11H2,1-2H3;11-21H,3-10H2,1-2H3. The van der Waals surface area contributed by atoms with Crippen LogP contribution < -0.4 is 14.2 Å². The van der Waals surface area contributed by atoms with Gasteiger partial charge in [-0.2, -0.15) is 0 Å². The molecule has 6 heteroatoms. The SMILES string of the molecule is CCCCCCCCOc1ccc(-c2ccc(CCc3ccc(CCCCCC)nc3)cc2)cc1.CCCCCCCc1ccc(CCc2ccc(-c3ccc(OC)cc3)cc2)cn1.CCCCCCCc1ccc(CCc2ccc(-c3ccc(OCC)cc3)cc2)cn1. The van der Waals surface area contributed by atoms with Crippen LogP contribution in [0.1, 0.15) is 213 Å². The topological polar surface area (TPSA) is 66.4 Å². The number of nitrogens with zero attached hydrogens (tertiary/aromatic N) is 3. The molecular weight excluding hydrogens is 1150 g/mol. The lowest BCUT2D eigenvalue weighted by Gasteiger charge is -2.08. The van der Waals surface area contributed by atoms with Crippen molar-refractivity contribution < 1.29 is 14.2 Å². The summed E-state index contributed by atoms with van der Waals surface area (Å²) in [6, 6.07) is 65.2. The van der Waals surface area contributed by atoms with E-state index in [4.69, 9.17) is 14.2 Å². The van der Waals surface area contributed by atoms with Crippen LogP contribution in [-0.2, 0) is 57.8 Å². The van der Waals surface area contributed by atoms with E-state index in [0.717, 1.165) is 88.1 Å². The Labute approximate surface area is 568 Å². The molecule has 94 heavy (non-hydrogen) atoms. The van der Waals surface area contributed by atoms with Gasteiger partial charge in [0, 0.05) is 35.7 Å². The van der Waals surface area contributed by atoms with Gasteiger partial charge in [0.05, 0.1) is 20.3 Å². The molecule has 0 atom stereocenters. The molecule has 3 heterocycles. The van der Waals surface area contributed by atoms with Crippen molar-refractivity contribution in [1.82, 2.24) is 15.0 Å². The van der Waals surface area contributed by atoms with Gasteiger partial charge in [-0.3, -0.25) is 15.0 Å². The second-order valence-corrected chi connectivity index (χ2v) is 25.5. The second-order valence-electron chi connectivity index (χ2n) is 25.5. The molecule has 9 aromatic rings. The van der Waals surface area contributed by atoms with Crippen molar-refractivity contribution in [2.45, 2.75) is 221 Å². The maximum Gasteiger partial charge on any atom is 0.119 e. The highest BCUT2D eigenvalue weighted by Gasteiger charge is 2.07. The summed E-state index contributed by atoms with van der Waals surface area (Å²) < 4.78 is 16.7. The van der Waals surface area contributed by atoms with Gasteiger partial charge in [-0.1, -0.05) is 258 Å². The summed E-state index contributed by atoms with van der Waals surface area (Å²) in [6.45, 7) is 12.6. The van der Waals surface area contributed by atoms with E-state index in [0.29, 0.717) is 6.61 Å². The normalized spacial score (nSPS) is 10.9. The Kier molecular flexibility index (Phi) is 35.0. The van der Waals surface area contributed by atoms with E-state index in [-0.39, 0.29) is 0 Å². The summed E-state index contributed by atoms with van der Waals surface area (Å²) in [6.07, 6.45) is 41.9. The van der Waals surface area contributed by atoms with Gasteiger partial charge < -0.3 is 14.2 Å². The molecule has 0 aliphatic carbocycles. The van der Waals surface area contributed by atoms with Crippen LogP contribution in [0.4, 0.5) is 0 Å². The molecule has 3 aromatic heterocycles. The van der Waals surface area contributed by atoms with E-state index >= 15 is 0 Å². The van der Waals surface area contributed by atoms with E-state index in [1.54, 1.807) is 7.11 Å². The molecule has 0 radical (unpaired) electrons. The summed E-state index contributed by atoms with van der Waals surface area (Å²) in [5.74, 6) is 2.79. The zero-order valence-electron chi connectivity index (χ0n) is 58.5. The van der Waals surface area contributed by atoms with Crippen LogP contribution in [0.5, 0.6) is 17.2 Å². The van der Waals surface area contributed by atoms with Crippen molar-refractivity contribution >= 4 is 0 Å². The molecule has 0 fully saturated rings. The van der Waals surface area contributed by atoms with Crippen molar-refractivity contribution in [3.63, 3.8) is 0 Å². The summed E-state index contributed by atoms with van der Waals surface area (Å²) in [5, 5.41) is 0. The van der Waals surface area contributed by atoms with E-state index in [9.17, 15) is 0 Å². The molecule has 0 bridgehead atoms. The van der Waals surface area contributed by atoms with Crippen molar-refractivity contribution in [3.8, 4) is 50.6 Å². The van der Waals surface area contributed by atoms with Gasteiger partial charge in [-0.25, -0.2) is 0 Å². The minimum absolute atomic E-state index is 0.700. The Morgan fingerprint density at radius 2 is 0.489 bits per heavy atom. The number of unbranched alkanes of at least 4 members (excludes halogenated alkanes) is 16. The third-order valence-corrected chi connectivity index (χ3v) is 17.9. The maximum absolute atomic E-state index is 5.93. The van der Waals surface area contributed by atoms with Crippen LogP contribution in [0.2, 0.25) is 0 Å². The molecule has 0 saturated heterocycles. The molecule has 0 unspecified atom stereocenters. The van der Waals surface area contributed by atoms with E-state index in [1.165, 1.54) is 206 Å². The maximum atomic E-state index is 5.93. The fourth-order valence-corrected chi connectivity index (χ4v) is 11.8. The third-order valence-electron chi connectivity index (χ3n) is 17.9. The number of benzene rings is 6. The van der Waals surface area contributed by atoms with Crippen molar-refractivity contribution in [2.24, 2.45) is 0 Å². The highest BCUT2D eigenvalue weighted by molar-refractivity contribution is 5.66. The molecule has 498 valence electrons. The summed E-state index contributed by atoms with van der Waals surface area (Å²) in [7, 11) is 1.70. The van der Waals surface area contributed by atoms with Crippen molar-refractivity contribution in [1.29, 1.82) is 0 Å². The Hall–Kier alpha value is -7.83. The molecule has 0 saturated carbocycles. The van der Waals surface area contributed by atoms with Gasteiger partial charge in [0.1, 0.15) is 17.2 Å². The lowest BCUT2D eigenvalue weighted by molar-refractivity contribution is 0.304. The number of ether oxygens (including phenoxy) is 3. The molecule has 6 nitrogen and oxygen atoms in total. The highest BCUT2D eigenvalue weighted by Crippen LogP contribution is 2.27. The van der Waals surface area contributed by atoms with Crippen molar-refractivity contribution in [3.05, 3.63) is 251 Å². The first kappa shape index (κ1) is 73.6. The largest absolute Gasteiger partial charge is 0.497 e. The first-order valence-corrected chi connectivity index (χ1v) is 36.5. The average molecular weight is 1260 g/mol. The number of aromatic nitrogens is 3. The number of hydrogen-bond acceptors (Lipinski definition) is 6. The lowest BCUT2D eigenvalue weighted by Crippen LogP contribution is -1.97. The Balaban J connectivity index is 0.000000201. The Morgan fingerprint density at radius 3 is 0.787 bits per heavy atom. The smallest absolute Gasteiger partial charge is 0.119 e. The number of hydrogen-bond donors (Lipinski definition) is 0. The number of pyridine rings is 3. The molecule has 0 spiro atoms. The summed E-state index contributed by atoms with van der Waals surface area (Å²) >= 11 is 0. The molecule has 6 aromatic carbocycles. The first-order valence-electron chi connectivity index (χ1n) is 36.5. The van der Waals surface area contributed by atoms with Gasteiger partial charge in [-0.05, 0) is 212 Å². The van der Waals surface area contributed by atoms with Gasteiger partial charge in [0.15, 0.2) is 0 Å². The van der Waals surface area contributed by atoms with Crippen LogP contribution >= 0.6 is 0 Å². The molecule has 0 amide bonds. The third kappa shape index (κ3) is 28.4.